The van der Waals surface area contributed by atoms with E-state index in [2.05, 4.69) is 21.3 Å². The molecule has 0 amide bonds. The summed E-state index contributed by atoms with van der Waals surface area (Å²) in [4.78, 5) is 4.41. The zero-order valence-electron chi connectivity index (χ0n) is 11.5. The van der Waals surface area contributed by atoms with Crippen LogP contribution in [0.3, 0.4) is 0 Å². The molecule has 0 radical (unpaired) electrons. The summed E-state index contributed by atoms with van der Waals surface area (Å²) in [7, 11) is 0. The minimum atomic E-state index is 0.0133. The number of hydrogen-bond acceptors (Lipinski definition) is 8. The van der Waals surface area contributed by atoms with E-state index < -0.39 is 0 Å². The molecule has 0 fully saturated rings. The first kappa shape index (κ1) is 15.0. The van der Waals surface area contributed by atoms with Gasteiger partial charge in [-0.2, -0.15) is 5.26 Å². The highest BCUT2D eigenvalue weighted by molar-refractivity contribution is 8.01. The number of allylic oxidation sites excluding steroid dienone is 1. The predicted octanol–water partition coefficient (Wildman–Crippen LogP) is 4.04. The number of benzene rings is 1. The lowest BCUT2D eigenvalue weighted by Crippen LogP contribution is -1.92. The van der Waals surface area contributed by atoms with Gasteiger partial charge in [-0.1, -0.05) is 35.2 Å². The maximum atomic E-state index is 10.2. The third kappa shape index (κ3) is 3.11. The number of aliphatic hydroxyl groups excluding tert-OH is 1. The van der Waals surface area contributed by atoms with Crippen molar-refractivity contribution in [1.82, 2.24) is 15.2 Å². The normalized spacial score (nSPS) is 12.2. The van der Waals surface area contributed by atoms with Crippen molar-refractivity contribution in [2.24, 2.45) is 0 Å². The van der Waals surface area contributed by atoms with Crippen LogP contribution >= 0.6 is 34.4 Å². The van der Waals surface area contributed by atoms with Crippen LogP contribution in [0.4, 0.5) is 0 Å². The molecule has 0 aliphatic heterocycles. The molecule has 0 spiro atoms. The molecule has 3 rings (SSSR count). The van der Waals surface area contributed by atoms with Crippen molar-refractivity contribution >= 4 is 50.2 Å². The second-order valence-electron chi connectivity index (χ2n) is 4.30. The fourth-order valence-corrected chi connectivity index (χ4v) is 4.43. The molecule has 0 aliphatic carbocycles. The highest BCUT2D eigenvalue weighted by atomic mass is 32.2. The summed E-state index contributed by atoms with van der Waals surface area (Å²) in [5.41, 5.74) is 1.05. The summed E-state index contributed by atoms with van der Waals surface area (Å²) < 4.78 is 1.76. The predicted molar refractivity (Wildman–Crippen MR) is 90.2 cm³/mol. The maximum Gasteiger partial charge on any atom is 0.174 e. The molecule has 110 valence electrons. The van der Waals surface area contributed by atoms with Crippen molar-refractivity contribution in [3.8, 4) is 6.07 Å². The van der Waals surface area contributed by atoms with Crippen LogP contribution in [0, 0.1) is 18.3 Å². The molecule has 22 heavy (non-hydrogen) atoms. The molecular formula is C14H10N4OS3. The Hall–Kier alpha value is -1.95. The zero-order valence-corrected chi connectivity index (χ0v) is 13.9. The van der Waals surface area contributed by atoms with E-state index in [4.69, 9.17) is 0 Å². The molecule has 8 heteroatoms. The van der Waals surface area contributed by atoms with Gasteiger partial charge in [0, 0.05) is 0 Å². The van der Waals surface area contributed by atoms with Crippen LogP contribution in [0.2, 0.25) is 0 Å². The smallest absolute Gasteiger partial charge is 0.174 e. The SMILES string of the molecule is Cc1nnc(SC/C(O)=C(/C#N)c2nc3ccccc3s2)s1. The number of nitriles is 1. The zero-order chi connectivity index (χ0) is 15.5. The maximum absolute atomic E-state index is 10.2. The molecule has 1 N–H and O–H groups in total. The topological polar surface area (TPSA) is 82.7 Å². The first-order chi connectivity index (χ1) is 10.7. The van der Waals surface area contributed by atoms with Crippen molar-refractivity contribution in [2.75, 3.05) is 5.75 Å². The number of fused-ring (bicyclic) bond motifs is 1. The van der Waals surface area contributed by atoms with Crippen LogP contribution in [0.15, 0.2) is 34.4 Å². The van der Waals surface area contributed by atoms with Crippen LogP contribution in [0.5, 0.6) is 0 Å². The van der Waals surface area contributed by atoms with E-state index in [1.165, 1.54) is 34.4 Å². The van der Waals surface area contributed by atoms with Crippen LogP contribution in [0.1, 0.15) is 10.0 Å². The molecule has 0 atom stereocenters. The Morgan fingerprint density at radius 3 is 2.82 bits per heavy atom. The van der Waals surface area contributed by atoms with Crippen LogP contribution < -0.4 is 0 Å². The number of hydrogen-bond donors (Lipinski definition) is 1. The van der Waals surface area contributed by atoms with E-state index in [1.807, 2.05) is 31.2 Å². The second kappa shape index (κ2) is 6.44. The second-order valence-corrected chi connectivity index (χ2v) is 7.73. The van der Waals surface area contributed by atoms with Gasteiger partial charge in [0.25, 0.3) is 0 Å². The molecule has 2 heterocycles. The van der Waals surface area contributed by atoms with Crippen LogP contribution in [-0.4, -0.2) is 26.0 Å². The van der Waals surface area contributed by atoms with E-state index in [-0.39, 0.29) is 17.1 Å². The average molecular weight is 346 g/mol. The summed E-state index contributed by atoms with van der Waals surface area (Å²) in [6.07, 6.45) is 0. The minimum absolute atomic E-state index is 0.0133. The fourth-order valence-electron chi connectivity index (χ4n) is 1.75. The van der Waals surface area contributed by atoms with Gasteiger partial charge in [0.15, 0.2) is 4.34 Å². The third-order valence-corrected chi connectivity index (χ3v) is 5.79. The Labute approximate surface area is 139 Å². The lowest BCUT2D eigenvalue weighted by atomic mass is 10.2. The fraction of sp³-hybridized carbons (Fsp3) is 0.143. The Balaban J connectivity index is 1.86. The van der Waals surface area contributed by atoms with E-state index in [0.717, 1.165) is 19.6 Å². The summed E-state index contributed by atoms with van der Waals surface area (Å²) >= 11 is 4.22. The largest absolute Gasteiger partial charge is 0.510 e. The lowest BCUT2D eigenvalue weighted by Gasteiger charge is -1.99. The lowest BCUT2D eigenvalue weighted by molar-refractivity contribution is 0.421. The molecular weight excluding hydrogens is 336 g/mol. The number of thioether (sulfide) groups is 1. The number of thiazole rings is 1. The quantitative estimate of drug-likeness (QED) is 0.436. The van der Waals surface area contributed by atoms with Gasteiger partial charge in [-0.15, -0.1) is 21.5 Å². The molecule has 0 saturated carbocycles. The van der Waals surface area contributed by atoms with Crippen LogP contribution in [-0.2, 0) is 0 Å². The first-order valence-electron chi connectivity index (χ1n) is 6.28. The monoisotopic (exact) mass is 346 g/mol. The highest BCUT2D eigenvalue weighted by Gasteiger charge is 2.14. The van der Waals surface area contributed by atoms with Gasteiger partial charge >= 0.3 is 0 Å². The van der Waals surface area contributed by atoms with E-state index >= 15 is 0 Å². The molecule has 0 aliphatic rings. The Morgan fingerprint density at radius 2 is 2.14 bits per heavy atom. The summed E-state index contributed by atoms with van der Waals surface area (Å²) in [5.74, 6) is 0.285. The number of aliphatic hydroxyl groups is 1. The third-order valence-electron chi connectivity index (χ3n) is 2.75. The van der Waals surface area contributed by atoms with E-state index in [9.17, 15) is 10.4 Å². The molecule has 2 aromatic heterocycles. The number of aromatic nitrogens is 3. The van der Waals surface area contributed by atoms with Crippen LogP contribution in [0.25, 0.3) is 15.8 Å². The number of aryl methyl sites for hydroxylation is 1. The Morgan fingerprint density at radius 1 is 1.32 bits per heavy atom. The number of para-hydroxylation sites is 1. The van der Waals surface area contributed by atoms with Gasteiger partial charge in [-0.25, -0.2) is 4.98 Å². The molecule has 5 nitrogen and oxygen atoms in total. The molecule has 0 saturated heterocycles. The van der Waals surface area contributed by atoms with Crippen molar-refractivity contribution < 1.29 is 5.11 Å². The van der Waals surface area contributed by atoms with Gasteiger partial charge in [-0.05, 0) is 19.1 Å². The number of nitrogens with zero attached hydrogens (tertiary/aromatic N) is 4. The summed E-state index contributed by atoms with van der Waals surface area (Å²) in [5, 5.41) is 28.9. The Kier molecular flexibility index (Phi) is 4.38. The molecule has 0 unspecified atom stereocenters. The van der Waals surface area contributed by atoms with Gasteiger partial charge < -0.3 is 5.11 Å². The van der Waals surface area contributed by atoms with Crippen molar-refractivity contribution in [1.29, 1.82) is 5.26 Å². The molecule has 1 aromatic carbocycles. The molecule has 0 bridgehead atoms. The number of rotatable bonds is 4. The van der Waals surface area contributed by atoms with Gasteiger partial charge in [-0.3, -0.25) is 0 Å². The summed E-state index contributed by atoms with van der Waals surface area (Å²) in [6, 6.07) is 9.71. The van der Waals surface area contributed by atoms with Crippen molar-refractivity contribution in [2.45, 2.75) is 11.3 Å². The van der Waals surface area contributed by atoms with Crippen molar-refractivity contribution in [3.05, 3.63) is 40.0 Å². The van der Waals surface area contributed by atoms with E-state index in [0.29, 0.717) is 5.01 Å². The van der Waals surface area contributed by atoms with Crippen molar-refractivity contribution in [3.63, 3.8) is 0 Å². The highest BCUT2D eigenvalue weighted by Crippen LogP contribution is 2.30. The van der Waals surface area contributed by atoms with Gasteiger partial charge in [0.2, 0.25) is 0 Å². The standard InChI is InChI=1S/C14H10N4OS3/c1-8-17-18-14(21-8)20-7-11(19)9(6-15)13-16-10-4-2-3-5-12(10)22-13/h2-5,19H,7H2,1H3/b11-9+. The Bertz CT molecular complexity index is 858. The average Bonchev–Trinajstić information content (AvgIpc) is 3.11. The van der Waals surface area contributed by atoms with Gasteiger partial charge in [0.05, 0.1) is 16.0 Å². The summed E-state index contributed by atoms with van der Waals surface area (Å²) in [6.45, 7) is 1.87. The van der Waals surface area contributed by atoms with Gasteiger partial charge in [0.1, 0.15) is 27.4 Å². The molecule has 3 aromatic rings. The minimum Gasteiger partial charge on any atom is -0.510 e. The first-order valence-corrected chi connectivity index (χ1v) is 8.90. The van der Waals surface area contributed by atoms with E-state index in [1.54, 1.807) is 0 Å².